The molecule has 0 aliphatic carbocycles. The summed E-state index contributed by atoms with van der Waals surface area (Å²) in [6.07, 6.45) is 5.33. The summed E-state index contributed by atoms with van der Waals surface area (Å²) in [6.45, 7) is 2.79. The highest BCUT2D eigenvalue weighted by Crippen LogP contribution is 2.30. The number of hydrogen-bond donors (Lipinski definition) is 1. The normalized spacial score (nSPS) is 17.9. The van der Waals surface area contributed by atoms with Crippen molar-refractivity contribution in [3.05, 3.63) is 29.8 Å². The van der Waals surface area contributed by atoms with Crippen LogP contribution in [0.5, 0.6) is 0 Å². The lowest BCUT2D eigenvalue weighted by molar-refractivity contribution is -0.136. The molecule has 0 spiro atoms. The van der Waals surface area contributed by atoms with E-state index in [1.807, 2.05) is 17.9 Å². The Hall–Kier alpha value is -2.28. The van der Waals surface area contributed by atoms with Crippen LogP contribution in [0, 0.1) is 6.92 Å². The molecule has 22 heavy (non-hydrogen) atoms. The summed E-state index contributed by atoms with van der Waals surface area (Å²) >= 11 is 0. The van der Waals surface area contributed by atoms with Crippen molar-refractivity contribution in [2.75, 3.05) is 20.3 Å². The van der Waals surface area contributed by atoms with Crippen LogP contribution < -0.4 is 0 Å². The summed E-state index contributed by atoms with van der Waals surface area (Å²) in [5.74, 6) is -0.00111. The van der Waals surface area contributed by atoms with Crippen LogP contribution in [0.2, 0.25) is 0 Å². The van der Waals surface area contributed by atoms with Crippen LogP contribution in [-0.2, 0) is 9.53 Å². The number of carbonyl (C=O) groups is 1. The van der Waals surface area contributed by atoms with Gasteiger partial charge in [-0.3, -0.25) is 19.9 Å². The van der Waals surface area contributed by atoms with E-state index < -0.39 is 0 Å². The lowest BCUT2D eigenvalue weighted by Gasteiger charge is -2.23. The molecule has 116 valence electrons. The minimum absolute atomic E-state index is 0.00111. The molecular formula is C15H19N5O2. The molecule has 0 radical (unpaired) electrons. The Morgan fingerprint density at radius 2 is 2.27 bits per heavy atom. The van der Waals surface area contributed by atoms with Crippen LogP contribution in [-0.4, -0.2) is 51.2 Å². The number of likely N-dealkylation sites (tertiary alicyclic amines) is 1. The fraction of sp³-hybridized carbons (Fsp3) is 0.467. The summed E-state index contributed by atoms with van der Waals surface area (Å²) in [6, 6.07) is 1.92. The van der Waals surface area contributed by atoms with E-state index in [0.717, 1.165) is 42.2 Å². The molecule has 1 aliphatic rings. The molecule has 1 aliphatic heterocycles. The van der Waals surface area contributed by atoms with Gasteiger partial charge in [0.15, 0.2) is 0 Å². The number of rotatable bonds is 4. The maximum Gasteiger partial charge on any atom is 0.249 e. The van der Waals surface area contributed by atoms with Crippen LogP contribution in [0.4, 0.5) is 0 Å². The molecule has 2 aromatic heterocycles. The van der Waals surface area contributed by atoms with Gasteiger partial charge in [0, 0.05) is 19.3 Å². The van der Waals surface area contributed by atoms with Crippen molar-refractivity contribution >= 4 is 5.91 Å². The van der Waals surface area contributed by atoms with Gasteiger partial charge in [-0.2, -0.15) is 5.10 Å². The summed E-state index contributed by atoms with van der Waals surface area (Å²) < 4.78 is 4.94. The average Bonchev–Trinajstić information content (AvgIpc) is 3.16. The van der Waals surface area contributed by atoms with Crippen molar-refractivity contribution in [1.29, 1.82) is 0 Å². The van der Waals surface area contributed by atoms with Crippen LogP contribution in [0.25, 0.3) is 11.4 Å². The number of aromatic amines is 1. The maximum absolute atomic E-state index is 12.1. The molecular weight excluding hydrogens is 282 g/mol. The molecule has 7 nitrogen and oxygen atoms in total. The molecule has 0 bridgehead atoms. The number of amides is 1. The number of aromatic nitrogens is 4. The minimum atomic E-state index is -0.00915. The van der Waals surface area contributed by atoms with Crippen molar-refractivity contribution < 1.29 is 9.53 Å². The first kappa shape index (κ1) is 14.6. The fourth-order valence-corrected chi connectivity index (χ4v) is 2.77. The highest BCUT2D eigenvalue weighted by Gasteiger charge is 2.30. The summed E-state index contributed by atoms with van der Waals surface area (Å²) in [5, 5.41) is 7.06. The van der Waals surface area contributed by atoms with E-state index in [0.29, 0.717) is 0 Å². The zero-order valence-corrected chi connectivity index (χ0v) is 12.7. The Kier molecular flexibility index (Phi) is 4.15. The fourth-order valence-electron chi connectivity index (χ4n) is 2.77. The van der Waals surface area contributed by atoms with E-state index >= 15 is 0 Å². The molecule has 3 rings (SSSR count). The monoisotopic (exact) mass is 301 g/mol. The Balaban J connectivity index is 1.78. The lowest BCUT2D eigenvalue weighted by atomic mass is 10.1. The van der Waals surface area contributed by atoms with E-state index in [9.17, 15) is 4.79 Å². The number of nitrogens with one attached hydrogen (secondary N) is 1. The van der Waals surface area contributed by atoms with Gasteiger partial charge in [-0.15, -0.1) is 0 Å². The molecule has 0 saturated carbocycles. The van der Waals surface area contributed by atoms with Crippen molar-refractivity contribution in [2.24, 2.45) is 0 Å². The zero-order valence-electron chi connectivity index (χ0n) is 12.7. The standard InChI is InChI=1S/C15H19N5O2/c1-10-6-11(19-18-10)12-7-17-13(8-16-12)14-4-3-5-20(14)15(21)9-22-2/h6-8,14H,3-5,9H2,1-2H3,(H,18,19). The van der Waals surface area contributed by atoms with Gasteiger partial charge in [-0.1, -0.05) is 0 Å². The summed E-state index contributed by atoms with van der Waals surface area (Å²) in [4.78, 5) is 22.8. The number of methoxy groups -OCH3 is 1. The predicted octanol–water partition coefficient (Wildman–Crippen LogP) is 1.49. The molecule has 0 aromatic carbocycles. The molecule has 1 amide bonds. The van der Waals surface area contributed by atoms with Crippen LogP contribution in [0.1, 0.15) is 30.3 Å². The second-order valence-corrected chi connectivity index (χ2v) is 5.44. The second kappa shape index (κ2) is 6.23. The highest BCUT2D eigenvalue weighted by molar-refractivity contribution is 5.78. The summed E-state index contributed by atoms with van der Waals surface area (Å²) in [5.41, 5.74) is 3.29. The maximum atomic E-state index is 12.1. The molecule has 1 saturated heterocycles. The molecule has 1 unspecified atom stereocenters. The summed E-state index contributed by atoms with van der Waals surface area (Å²) in [7, 11) is 1.53. The van der Waals surface area contributed by atoms with Gasteiger partial charge in [0.1, 0.15) is 18.0 Å². The highest BCUT2D eigenvalue weighted by atomic mass is 16.5. The van der Waals surface area contributed by atoms with E-state index in [1.165, 1.54) is 7.11 Å². The SMILES string of the molecule is COCC(=O)N1CCCC1c1cnc(-c2cc(C)[nH]n2)cn1. The van der Waals surface area contributed by atoms with Gasteiger partial charge in [0.05, 0.1) is 24.1 Å². The van der Waals surface area contributed by atoms with Gasteiger partial charge in [-0.05, 0) is 25.8 Å². The Labute approximate surface area is 128 Å². The van der Waals surface area contributed by atoms with Gasteiger partial charge < -0.3 is 9.64 Å². The van der Waals surface area contributed by atoms with Crippen molar-refractivity contribution in [3.63, 3.8) is 0 Å². The topological polar surface area (TPSA) is 84.0 Å². The van der Waals surface area contributed by atoms with E-state index in [2.05, 4.69) is 20.2 Å². The molecule has 2 aromatic rings. The van der Waals surface area contributed by atoms with Crippen molar-refractivity contribution in [2.45, 2.75) is 25.8 Å². The number of H-pyrrole nitrogens is 1. The number of ether oxygens (including phenoxy) is 1. The first-order chi connectivity index (χ1) is 10.7. The third kappa shape index (κ3) is 2.85. The molecule has 1 atom stereocenters. The number of nitrogens with zero attached hydrogens (tertiary/aromatic N) is 4. The molecule has 1 N–H and O–H groups in total. The van der Waals surface area contributed by atoms with E-state index in [1.54, 1.807) is 12.4 Å². The van der Waals surface area contributed by atoms with Crippen LogP contribution >= 0.6 is 0 Å². The first-order valence-electron chi connectivity index (χ1n) is 7.32. The smallest absolute Gasteiger partial charge is 0.249 e. The zero-order chi connectivity index (χ0) is 15.5. The van der Waals surface area contributed by atoms with Gasteiger partial charge in [-0.25, -0.2) is 0 Å². The number of carbonyl (C=O) groups excluding carboxylic acids is 1. The average molecular weight is 301 g/mol. The largest absolute Gasteiger partial charge is 0.375 e. The second-order valence-electron chi connectivity index (χ2n) is 5.44. The first-order valence-corrected chi connectivity index (χ1v) is 7.32. The number of hydrogen-bond acceptors (Lipinski definition) is 5. The van der Waals surface area contributed by atoms with Crippen molar-refractivity contribution in [1.82, 2.24) is 25.1 Å². The van der Waals surface area contributed by atoms with Gasteiger partial charge >= 0.3 is 0 Å². The van der Waals surface area contributed by atoms with Crippen molar-refractivity contribution in [3.8, 4) is 11.4 Å². The quantitative estimate of drug-likeness (QED) is 0.925. The molecule has 1 fully saturated rings. The van der Waals surface area contributed by atoms with Crippen LogP contribution in [0.3, 0.4) is 0 Å². The Morgan fingerprint density at radius 3 is 2.91 bits per heavy atom. The minimum Gasteiger partial charge on any atom is -0.375 e. The third-order valence-corrected chi connectivity index (χ3v) is 3.82. The lowest BCUT2D eigenvalue weighted by Crippen LogP contribution is -2.33. The van der Waals surface area contributed by atoms with Gasteiger partial charge in [0.25, 0.3) is 0 Å². The number of aryl methyl sites for hydroxylation is 1. The van der Waals surface area contributed by atoms with Gasteiger partial charge in [0.2, 0.25) is 5.91 Å². The van der Waals surface area contributed by atoms with Crippen LogP contribution in [0.15, 0.2) is 18.5 Å². The molecule has 3 heterocycles. The van der Waals surface area contributed by atoms with E-state index in [4.69, 9.17) is 4.74 Å². The van der Waals surface area contributed by atoms with E-state index in [-0.39, 0.29) is 18.6 Å². The Morgan fingerprint density at radius 1 is 1.41 bits per heavy atom. The molecule has 7 heteroatoms. The third-order valence-electron chi connectivity index (χ3n) is 3.82. The Bertz CT molecular complexity index is 652. The predicted molar refractivity (Wildman–Crippen MR) is 79.9 cm³/mol.